The molecule has 2 amide bonds. The molecule has 0 radical (unpaired) electrons. The molecule has 0 aromatic heterocycles. The van der Waals surface area contributed by atoms with Crippen molar-refractivity contribution in [3.8, 4) is 0 Å². The maximum Gasteiger partial charge on any atom is 0.253 e. The number of carbonyl (C=O) groups excluding carboxylic acids is 2. The zero-order valence-corrected chi connectivity index (χ0v) is 20.8. The van der Waals surface area contributed by atoms with Crippen LogP contribution in [0.25, 0.3) is 0 Å². The molecule has 2 aromatic rings. The van der Waals surface area contributed by atoms with Crippen molar-refractivity contribution in [1.29, 1.82) is 0 Å². The number of nitrogens with zero attached hydrogens (tertiary/aromatic N) is 1. The van der Waals surface area contributed by atoms with Gasteiger partial charge in [-0.25, -0.2) is 8.42 Å². The van der Waals surface area contributed by atoms with Crippen LogP contribution in [0.15, 0.2) is 42.5 Å². The van der Waals surface area contributed by atoms with Crippen LogP contribution in [0.3, 0.4) is 0 Å². The molecule has 2 aromatic carbocycles. The monoisotopic (exact) mass is 487 g/mol. The topological polar surface area (TPSA) is 105 Å². The van der Waals surface area contributed by atoms with Gasteiger partial charge in [0.05, 0.1) is 29.3 Å². The van der Waals surface area contributed by atoms with Crippen molar-refractivity contribution in [1.82, 2.24) is 5.32 Å². The van der Waals surface area contributed by atoms with Crippen LogP contribution >= 0.6 is 0 Å². The molecule has 1 aliphatic rings. The van der Waals surface area contributed by atoms with Crippen molar-refractivity contribution in [3.63, 3.8) is 0 Å². The molecule has 1 atom stereocenters. The number of rotatable bonds is 10. The van der Waals surface area contributed by atoms with E-state index in [-0.39, 0.29) is 30.9 Å². The third kappa shape index (κ3) is 6.80. The van der Waals surface area contributed by atoms with Gasteiger partial charge in [0, 0.05) is 26.1 Å². The van der Waals surface area contributed by atoms with Crippen LogP contribution < -0.4 is 14.9 Å². The first-order valence-electron chi connectivity index (χ1n) is 11.5. The van der Waals surface area contributed by atoms with Gasteiger partial charge >= 0.3 is 0 Å². The number of aryl methyl sites for hydroxylation is 1. The highest BCUT2D eigenvalue weighted by molar-refractivity contribution is 7.92. The number of ether oxygens (including phenoxy) is 1. The maximum atomic E-state index is 12.6. The van der Waals surface area contributed by atoms with Crippen molar-refractivity contribution in [2.24, 2.45) is 0 Å². The Morgan fingerprint density at radius 2 is 1.88 bits per heavy atom. The van der Waals surface area contributed by atoms with Gasteiger partial charge in [-0.05, 0) is 62.4 Å². The maximum absolute atomic E-state index is 12.6. The van der Waals surface area contributed by atoms with Crippen LogP contribution in [-0.4, -0.2) is 52.3 Å². The van der Waals surface area contributed by atoms with Gasteiger partial charge < -0.3 is 15.4 Å². The van der Waals surface area contributed by atoms with Gasteiger partial charge in [-0.1, -0.05) is 24.3 Å². The van der Waals surface area contributed by atoms with E-state index in [0.717, 1.165) is 24.0 Å². The average Bonchev–Trinajstić information content (AvgIpc) is 3.31. The zero-order valence-electron chi connectivity index (χ0n) is 20.0. The second kappa shape index (κ2) is 11.5. The minimum absolute atomic E-state index is 0.0283. The van der Waals surface area contributed by atoms with E-state index in [2.05, 4.69) is 10.6 Å². The van der Waals surface area contributed by atoms with Crippen molar-refractivity contribution in [2.45, 2.75) is 45.6 Å². The van der Waals surface area contributed by atoms with E-state index in [4.69, 9.17) is 4.74 Å². The van der Waals surface area contributed by atoms with Crippen molar-refractivity contribution < 1.29 is 22.7 Å². The number of nitrogens with one attached hydrogen (secondary N) is 2. The molecule has 1 fully saturated rings. The molecule has 3 rings (SSSR count). The van der Waals surface area contributed by atoms with Gasteiger partial charge in [0.1, 0.15) is 0 Å². The minimum Gasteiger partial charge on any atom is -0.376 e. The standard InChI is InChI=1S/C25H33N3O5S/c1-18-9-6-13-23(19(18)2)28(34(3,31)32)15-7-14-24(29)27-22-12-5-4-11-21(22)25(30)26-17-20-10-8-16-33-20/h4-6,9,11-13,20H,7-8,10,14-17H2,1-3H3,(H,26,30)(H,27,29)/t20-/m1/s1. The van der Waals surface area contributed by atoms with E-state index in [1.165, 1.54) is 10.6 Å². The first kappa shape index (κ1) is 25.7. The number of para-hydroxylation sites is 1. The fraction of sp³-hybridized carbons (Fsp3) is 0.440. The second-order valence-corrected chi connectivity index (χ2v) is 10.5. The Labute approximate surface area is 201 Å². The highest BCUT2D eigenvalue weighted by Gasteiger charge is 2.21. The van der Waals surface area contributed by atoms with Crippen LogP contribution in [0.5, 0.6) is 0 Å². The molecule has 1 heterocycles. The van der Waals surface area contributed by atoms with Gasteiger partial charge in [-0.2, -0.15) is 0 Å². The van der Waals surface area contributed by atoms with E-state index in [9.17, 15) is 18.0 Å². The summed E-state index contributed by atoms with van der Waals surface area (Å²) in [5.74, 6) is -0.557. The Morgan fingerprint density at radius 1 is 1.12 bits per heavy atom. The molecule has 184 valence electrons. The number of anilines is 2. The predicted octanol–water partition coefficient (Wildman–Crippen LogP) is 3.40. The summed E-state index contributed by atoms with van der Waals surface area (Å²) in [5, 5.41) is 5.66. The van der Waals surface area contributed by atoms with E-state index in [0.29, 0.717) is 36.5 Å². The van der Waals surface area contributed by atoms with E-state index in [1.807, 2.05) is 26.0 Å². The summed E-state index contributed by atoms with van der Waals surface area (Å²) in [7, 11) is -3.51. The molecule has 9 heteroatoms. The molecular formula is C25H33N3O5S. The van der Waals surface area contributed by atoms with Gasteiger partial charge in [0.15, 0.2) is 0 Å². The molecule has 34 heavy (non-hydrogen) atoms. The molecule has 2 N–H and O–H groups in total. The van der Waals surface area contributed by atoms with Gasteiger partial charge in [-0.3, -0.25) is 13.9 Å². The number of amides is 2. The quantitative estimate of drug-likeness (QED) is 0.535. The normalized spacial score (nSPS) is 15.7. The van der Waals surface area contributed by atoms with E-state index < -0.39 is 10.0 Å². The summed E-state index contributed by atoms with van der Waals surface area (Å²) < 4.78 is 31.7. The fourth-order valence-corrected chi connectivity index (χ4v) is 4.98. The highest BCUT2D eigenvalue weighted by Crippen LogP contribution is 2.25. The van der Waals surface area contributed by atoms with Gasteiger partial charge in [0.2, 0.25) is 15.9 Å². The summed E-state index contributed by atoms with van der Waals surface area (Å²) in [6.07, 6.45) is 3.56. The van der Waals surface area contributed by atoms with Gasteiger partial charge in [0.25, 0.3) is 5.91 Å². The lowest BCUT2D eigenvalue weighted by Crippen LogP contribution is -2.33. The van der Waals surface area contributed by atoms with Gasteiger partial charge in [-0.15, -0.1) is 0 Å². The van der Waals surface area contributed by atoms with Crippen molar-refractivity contribution in [2.75, 3.05) is 35.6 Å². The molecule has 0 unspecified atom stereocenters. The Kier molecular flexibility index (Phi) is 8.68. The SMILES string of the molecule is Cc1cccc(N(CCCC(=O)Nc2ccccc2C(=O)NC[C@H]2CCCO2)S(C)(=O)=O)c1C. The largest absolute Gasteiger partial charge is 0.376 e. The summed E-state index contributed by atoms with van der Waals surface area (Å²) in [6.45, 7) is 5.14. The summed E-state index contributed by atoms with van der Waals surface area (Å²) in [4.78, 5) is 25.3. The summed E-state index contributed by atoms with van der Waals surface area (Å²) in [5.41, 5.74) is 3.31. The molecule has 1 aliphatic heterocycles. The smallest absolute Gasteiger partial charge is 0.253 e. The van der Waals surface area contributed by atoms with E-state index in [1.54, 1.807) is 30.3 Å². The molecule has 0 bridgehead atoms. The number of hydrogen-bond donors (Lipinski definition) is 2. The van der Waals surface area contributed by atoms with Crippen molar-refractivity contribution in [3.05, 3.63) is 59.2 Å². The first-order valence-corrected chi connectivity index (χ1v) is 13.3. The zero-order chi connectivity index (χ0) is 24.7. The lowest BCUT2D eigenvalue weighted by molar-refractivity contribution is -0.116. The first-order chi connectivity index (χ1) is 16.2. The van der Waals surface area contributed by atoms with Crippen LogP contribution in [0, 0.1) is 13.8 Å². The number of hydrogen-bond acceptors (Lipinski definition) is 5. The summed E-state index contributed by atoms with van der Waals surface area (Å²) >= 11 is 0. The molecule has 0 saturated carbocycles. The third-order valence-corrected chi connectivity index (χ3v) is 7.15. The summed E-state index contributed by atoms with van der Waals surface area (Å²) in [6, 6.07) is 12.4. The van der Waals surface area contributed by atoms with Crippen LogP contribution in [0.4, 0.5) is 11.4 Å². The van der Waals surface area contributed by atoms with Crippen molar-refractivity contribution >= 4 is 33.2 Å². The Morgan fingerprint density at radius 3 is 2.59 bits per heavy atom. The lowest BCUT2D eigenvalue weighted by Gasteiger charge is -2.25. The molecule has 1 saturated heterocycles. The predicted molar refractivity (Wildman–Crippen MR) is 134 cm³/mol. The Balaban J connectivity index is 1.59. The molecular weight excluding hydrogens is 454 g/mol. The number of carbonyl (C=O) groups is 2. The number of benzene rings is 2. The average molecular weight is 488 g/mol. The van der Waals surface area contributed by atoms with Crippen LogP contribution in [-0.2, 0) is 19.6 Å². The second-order valence-electron chi connectivity index (χ2n) is 8.60. The Hall–Kier alpha value is -2.91. The lowest BCUT2D eigenvalue weighted by atomic mass is 10.1. The van der Waals surface area contributed by atoms with Crippen LogP contribution in [0.1, 0.15) is 47.2 Å². The fourth-order valence-electron chi connectivity index (χ4n) is 3.96. The van der Waals surface area contributed by atoms with E-state index >= 15 is 0 Å². The molecule has 8 nitrogen and oxygen atoms in total. The third-order valence-electron chi connectivity index (χ3n) is 5.97. The molecule has 0 aliphatic carbocycles. The molecule has 0 spiro atoms. The van der Waals surface area contributed by atoms with Crippen LogP contribution in [0.2, 0.25) is 0 Å². The Bertz CT molecular complexity index is 1130. The highest BCUT2D eigenvalue weighted by atomic mass is 32.2. The number of sulfonamides is 1. The minimum atomic E-state index is -3.51.